The SMILES string of the molecule is CCOC(=O)N[C@H](Cc1ccccc1)c1csc(N=C(N)N)n1. The molecule has 8 heteroatoms. The van der Waals surface area contributed by atoms with Crippen LogP contribution in [-0.2, 0) is 11.2 Å². The molecule has 0 fully saturated rings. The molecule has 1 aromatic heterocycles. The van der Waals surface area contributed by atoms with E-state index < -0.39 is 6.09 Å². The molecule has 0 saturated heterocycles. The number of guanidine groups is 1. The lowest BCUT2D eigenvalue weighted by Crippen LogP contribution is -2.30. The predicted octanol–water partition coefficient (Wildman–Crippen LogP) is 2.08. The van der Waals surface area contributed by atoms with Crippen molar-refractivity contribution in [2.45, 2.75) is 19.4 Å². The summed E-state index contributed by atoms with van der Waals surface area (Å²) in [6.07, 6.45) is 0.106. The molecule has 122 valence electrons. The van der Waals surface area contributed by atoms with Crippen molar-refractivity contribution in [2.75, 3.05) is 6.61 Å². The van der Waals surface area contributed by atoms with E-state index in [4.69, 9.17) is 16.2 Å². The third-order valence-corrected chi connectivity index (χ3v) is 3.69. The van der Waals surface area contributed by atoms with Crippen LogP contribution in [-0.4, -0.2) is 23.6 Å². The lowest BCUT2D eigenvalue weighted by molar-refractivity contribution is 0.147. The molecular formula is C15H19N5O2S. The topological polar surface area (TPSA) is 116 Å². The minimum Gasteiger partial charge on any atom is -0.450 e. The van der Waals surface area contributed by atoms with Gasteiger partial charge in [0.15, 0.2) is 5.96 Å². The molecule has 0 radical (unpaired) electrons. The molecule has 1 amide bonds. The van der Waals surface area contributed by atoms with E-state index in [1.165, 1.54) is 11.3 Å². The van der Waals surface area contributed by atoms with Crippen molar-refractivity contribution in [2.24, 2.45) is 16.5 Å². The normalized spacial score (nSPS) is 11.5. The predicted molar refractivity (Wildman–Crippen MR) is 90.6 cm³/mol. The minimum atomic E-state index is -0.482. The molecule has 0 aliphatic carbocycles. The Morgan fingerprint density at radius 1 is 1.39 bits per heavy atom. The number of aromatic nitrogens is 1. The van der Waals surface area contributed by atoms with Crippen molar-refractivity contribution < 1.29 is 9.53 Å². The van der Waals surface area contributed by atoms with Crippen LogP contribution >= 0.6 is 11.3 Å². The largest absolute Gasteiger partial charge is 0.450 e. The summed E-state index contributed by atoms with van der Waals surface area (Å²) in [6.45, 7) is 2.06. The highest BCUT2D eigenvalue weighted by atomic mass is 32.1. The van der Waals surface area contributed by atoms with Gasteiger partial charge in [0, 0.05) is 5.38 Å². The third-order valence-electron chi connectivity index (χ3n) is 2.94. The number of nitrogens with two attached hydrogens (primary N) is 2. The van der Waals surface area contributed by atoms with Crippen molar-refractivity contribution in [1.82, 2.24) is 10.3 Å². The summed E-state index contributed by atoms with van der Waals surface area (Å²) in [5.74, 6) is -0.0520. The number of aliphatic imine (C=N–C) groups is 1. The van der Waals surface area contributed by atoms with Gasteiger partial charge in [0.2, 0.25) is 5.13 Å². The molecule has 5 N–H and O–H groups in total. The number of hydrogen-bond acceptors (Lipinski definition) is 5. The van der Waals surface area contributed by atoms with Gasteiger partial charge in [-0.25, -0.2) is 9.78 Å². The van der Waals surface area contributed by atoms with Crippen LogP contribution in [0.4, 0.5) is 9.93 Å². The summed E-state index contributed by atoms with van der Waals surface area (Å²) in [7, 11) is 0. The number of rotatable bonds is 6. The minimum absolute atomic E-state index is 0.0520. The first-order valence-corrected chi connectivity index (χ1v) is 7.98. The Kier molecular flexibility index (Phi) is 5.93. The maximum atomic E-state index is 11.8. The van der Waals surface area contributed by atoms with Gasteiger partial charge in [-0.15, -0.1) is 11.3 Å². The second-order valence-electron chi connectivity index (χ2n) is 4.70. The lowest BCUT2D eigenvalue weighted by atomic mass is 10.0. The number of hydrogen-bond donors (Lipinski definition) is 3. The number of carbonyl (C=O) groups is 1. The summed E-state index contributed by atoms with van der Waals surface area (Å²) in [6, 6.07) is 9.49. The zero-order valence-corrected chi connectivity index (χ0v) is 13.5. The zero-order valence-electron chi connectivity index (χ0n) is 12.7. The molecule has 0 bridgehead atoms. The summed E-state index contributed by atoms with van der Waals surface area (Å²) >= 11 is 1.31. The molecule has 23 heavy (non-hydrogen) atoms. The number of amides is 1. The molecule has 0 aliphatic heterocycles. The van der Waals surface area contributed by atoms with Gasteiger partial charge in [0.25, 0.3) is 0 Å². The number of carbonyl (C=O) groups excluding carboxylic acids is 1. The number of ether oxygens (including phenoxy) is 1. The molecule has 0 unspecified atom stereocenters. The quantitative estimate of drug-likeness (QED) is 0.553. The molecule has 0 spiro atoms. The summed E-state index contributed by atoms with van der Waals surface area (Å²) < 4.78 is 4.96. The van der Waals surface area contributed by atoms with Crippen molar-refractivity contribution >= 4 is 28.5 Å². The Hall–Kier alpha value is -2.61. The van der Waals surface area contributed by atoms with Crippen LogP contribution in [0.3, 0.4) is 0 Å². The summed E-state index contributed by atoms with van der Waals surface area (Å²) in [5, 5.41) is 5.09. The number of nitrogens with one attached hydrogen (secondary N) is 1. The highest BCUT2D eigenvalue weighted by Gasteiger charge is 2.19. The van der Waals surface area contributed by atoms with Gasteiger partial charge in [-0.2, -0.15) is 4.99 Å². The highest BCUT2D eigenvalue weighted by molar-refractivity contribution is 7.13. The molecule has 0 saturated carbocycles. The van der Waals surface area contributed by atoms with Crippen molar-refractivity contribution in [3.05, 3.63) is 47.0 Å². The fraction of sp³-hybridized carbons (Fsp3) is 0.267. The second-order valence-corrected chi connectivity index (χ2v) is 5.54. The van der Waals surface area contributed by atoms with Crippen LogP contribution in [0.25, 0.3) is 0 Å². The number of alkyl carbamates (subject to hydrolysis) is 1. The Labute approximate surface area is 138 Å². The fourth-order valence-electron chi connectivity index (χ4n) is 1.99. The van der Waals surface area contributed by atoms with E-state index in [2.05, 4.69) is 15.3 Å². The van der Waals surface area contributed by atoms with Crippen LogP contribution in [0, 0.1) is 0 Å². The number of benzene rings is 1. The Morgan fingerprint density at radius 3 is 2.78 bits per heavy atom. The average molecular weight is 333 g/mol. The van der Waals surface area contributed by atoms with Crippen molar-refractivity contribution in [3.8, 4) is 0 Å². The van der Waals surface area contributed by atoms with E-state index in [1.54, 1.807) is 6.92 Å². The van der Waals surface area contributed by atoms with Gasteiger partial charge < -0.3 is 21.5 Å². The van der Waals surface area contributed by atoms with E-state index in [0.29, 0.717) is 23.9 Å². The zero-order chi connectivity index (χ0) is 16.7. The molecule has 7 nitrogen and oxygen atoms in total. The van der Waals surface area contributed by atoms with E-state index in [9.17, 15) is 4.79 Å². The first-order valence-electron chi connectivity index (χ1n) is 7.10. The van der Waals surface area contributed by atoms with E-state index >= 15 is 0 Å². The van der Waals surface area contributed by atoms with Crippen LogP contribution in [0.15, 0.2) is 40.7 Å². The van der Waals surface area contributed by atoms with Crippen molar-refractivity contribution in [1.29, 1.82) is 0 Å². The molecule has 1 heterocycles. The van der Waals surface area contributed by atoms with Gasteiger partial charge in [-0.3, -0.25) is 0 Å². The standard InChI is InChI=1S/C15H19N5O2S/c1-2-22-15(21)19-11(8-10-6-4-3-5-7-10)12-9-23-14(18-12)20-13(16)17/h3-7,9,11H,2,8H2,1H3,(H,19,21)(H4,16,17,18,20)/t11-/m1/s1. The van der Waals surface area contributed by atoms with Gasteiger partial charge >= 0.3 is 6.09 Å². The summed E-state index contributed by atoms with van der Waals surface area (Å²) in [5.41, 5.74) is 12.5. The Balaban J connectivity index is 2.20. The van der Waals surface area contributed by atoms with Crippen LogP contribution in [0.1, 0.15) is 24.2 Å². The molecule has 2 rings (SSSR count). The smallest absolute Gasteiger partial charge is 0.407 e. The van der Waals surface area contributed by atoms with E-state index in [-0.39, 0.29) is 12.0 Å². The molecule has 0 aliphatic rings. The Morgan fingerprint density at radius 2 is 2.13 bits per heavy atom. The van der Waals surface area contributed by atoms with Gasteiger partial charge in [0.1, 0.15) is 0 Å². The maximum absolute atomic E-state index is 11.8. The maximum Gasteiger partial charge on any atom is 0.407 e. The highest BCUT2D eigenvalue weighted by Crippen LogP contribution is 2.25. The lowest BCUT2D eigenvalue weighted by Gasteiger charge is -2.16. The number of thiazole rings is 1. The van der Waals surface area contributed by atoms with E-state index in [0.717, 1.165) is 5.56 Å². The van der Waals surface area contributed by atoms with Crippen LogP contribution in [0.2, 0.25) is 0 Å². The van der Waals surface area contributed by atoms with Crippen LogP contribution in [0.5, 0.6) is 0 Å². The van der Waals surface area contributed by atoms with Crippen LogP contribution < -0.4 is 16.8 Å². The van der Waals surface area contributed by atoms with Gasteiger partial charge in [-0.05, 0) is 18.9 Å². The van der Waals surface area contributed by atoms with Gasteiger partial charge in [0.05, 0.1) is 18.3 Å². The Bertz CT molecular complexity index is 668. The monoisotopic (exact) mass is 333 g/mol. The fourth-order valence-corrected chi connectivity index (χ4v) is 2.75. The van der Waals surface area contributed by atoms with Crippen molar-refractivity contribution in [3.63, 3.8) is 0 Å². The summed E-state index contributed by atoms with van der Waals surface area (Å²) in [4.78, 5) is 20.1. The van der Waals surface area contributed by atoms with E-state index in [1.807, 2.05) is 35.7 Å². The van der Waals surface area contributed by atoms with Gasteiger partial charge in [-0.1, -0.05) is 30.3 Å². The second kappa shape index (κ2) is 8.14. The molecular weight excluding hydrogens is 314 g/mol. The molecule has 1 aromatic carbocycles. The third kappa shape index (κ3) is 5.26. The first kappa shape index (κ1) is 16.8. The molecule has 2 aromatic rings. The first-order chi connectivity index (χ1) is 11.1. The average Bonchev–Trinajstić information content (AvgIpc) is 2.95. The molecule has 1 atom stereocenters. The number of nitrogens with zero attached hydrogens (tertiary/aromatic N) is 2.